The van der Waals surface area contributed by atoms with E-state index in [1.165, 1.54) is 0 Å². The predicted octanol–water partition coefficient (Wildman–Crippen LogP) is 2.97. The van der Waals surface area contributed by atoms with Crippen molar-refractivity contribution in [2.45, 2.75) is 38.8 Å². The second kappa shape index (κ2) is 6.95. The van der Waals surface area contributed by atoms with E-state index in [9.17, 15) is 4.79 Å². The molecule has 0 bridgehead atoms. The van der Waals surface area contributed by atoms with Crippen LogP contribution in [0.5, 0.6) is 0 Å². The molecule has 2 N–H and O–H groups in total. The molecule has 6 heteroatoms. The summed E-state index contributed by atoms with van der Waals surface area (Å²) in [6.45, 7) is 5.80. The van der Waals surface area contributed by atoms with Crippen LogP contribution in [0.15, 0.2) is 24.3 Å². The minimum Gasteiger partial charge on any atom is -0.337 e. The highest BCUT2D eigenvalue weighted by molar-refractivity contribution is 6.30. The average molecular weight is 347 g/mol. The highest BCUT2D eigenvalue weighted by Crippen LogP contribution is 2.25. The van der Waals surface area contributed by atoms with Crippen molar-refractivity contribution in [3.8, 4) is 0 Å². The van der Waals surface area contributed by atoms with Gasteiger partial charge in [-0.15, -0.1) is 0 Å². The molecular weight excluding hydrogens is 324 g/mol. The van der Waals surface area contributed by atoms with Crippen LogP contribution in [0.2, 0.25) is 5.02 Å². The van der Waals surface area contributed by atoms with E-state index in [-0.39, 0.29) is 17.9 Å². The number of benzene rings is 1. The summed E-state index contributed by atoms with van der Waals surface area (Å²) >= 11 is 5.96. The van der Waals surface area contributed by atoms with Gasteiger partial charge < -0.3 is 10.2 Å². The summed E-state index contributed by atoms with van der Waals surface area (Å²) in [6, 6.07) is 7.85. The van der Waals surface area contributed by atoms with Crippen LogP contribution in [0.25, 0.3) is 0 Å². The number of aromatic amines is 1. The lowest BCUT2D eigenvalue weighted by Crippen LogP contribution is -2.39. The smallest absolute Gasteiger partial charge is 0.274 e. The zero-order chi connectivity index (χ0) is 17.3. The molecule has 2 atom stereocenters. The molecule has 1 aliphatic heterocycles. The molecule has 0 fully saturated rings. The third-order valence-electron chi connectivity index (χ3n) is 5.06. The fraction of sp³-hybridized carbons (Fsp3) is 0.444. The van der Waals surface area contributed by atoms with Crippen LogP contribution in [0.4, 0.5) is 0 Å². The van der Waals surface area contributed by atoms with Crippen molar-refractivity contribution < 1.29 is 4.79 Å². The Kier molecular flexibility index (Phi) is 4.92. The van der Waals surface area contributed by atoms with Crippen molar-refractivity contribution in [1.82, 2.24) is 20.4 Å². The predicted molar refractivity (Wildman–Crippen MR) is 95.4 cm³/mol. The molecule has 2 aromatic rings. The lowest BCUT2D eigenvalue weighted by Gasteiger charge is -2.30. The zero-order valence-corrected chi connectivity index (χ0v) is 15.0. The van der Waals surface area contributed by atoms with Crippen LogP contribution >= 0.6 is 11.6 Å². The molecule has 0 saturated heterocycles. The number of halogens is 1. The summed E-state index contributed by atoms with van der Waals surface area (Å²) < 4.78 is 0. The number of nitrogens with zero attached hydrogens (tertiary/aromatic N) is 2. The lowest BCUT2D eigenvalue weighted by atomic mass is 9.93. The monoisotopic (exact) mass is 346 g/mol. The molecule has 128 valence electrons. The minimum absolute atomic E-state index is 0.0375. The van der Waals surface area contributed by atoms with Gasteiger partial charge in [-0.25, -0.2) is 0 Å². The van der Waals surface area contributed by atoms with Gasteiger partial charge in [0, 0.05) is 54.8 Å². The van der Waals surface area contributed by atoms with Crippen molar-refractivity contribution in [3.05, 3.63) is 51.8 Å². The molecule has 2 heterocycles. The van der Waals surface area contributed by atoms with Gasteiger partial charge in [0.25, 0.3) is 5.91 Å². The fourth-order valence-electron chi connectivity index (χ4n) is 3.13. The molecule has 1 aromatic carbocycles. The molecule has 24 heavy (non-hydrogen) atoms. The Morgan fingerprint density at radius 3 is 2.71 bits per heavy atom. The Morgan fingerprint density at radius 2 is 2.00 bits per heavy atom. The van der Waals surface area contributed by atoms with Gasteiger partial charge in [0.1, 0.15) is 0 Å². The molecule has 5 nitrogen and oxygen atoms in total. The first-order valence-electron chi connectivity index (χ1n) is 8.28. The second-order valence-corrected chi connectivity index (χ2v) is 6.89. The summed E-state index contributed by atoms with van der Waals surface area (Å²) in [4.78, 5) is 14.7. The number of aromatic nitrogens is 2. The van der Waals surface area contributed by atoms with Crippen LogP contribution in [0.1, 0.15) is 47.1 Å². The summed E-state index contributed by atoms with van der Waals surface area (Å²) in [5, 5.41) is 11.3. The molecule has 0 saturated carbocycles. The third kappa shape index (κ3) is 3.19. The van der Waals surface area contributed by atoms with E-state index in [1.54, 1.807) is 4.90 Å². The molecule has 0 aliphatic carbocycles. The number of rotatable bonds is 4. The summed E-state index contributed by atoms with van der Waals surface area (Å²) in [7, 11) is 1.84. The van der Waals surface area contributed by atoms with Gasteiger partial charge in [-0.05, 0) is 24.6 Å². The van der Waals surface area contributed by atoms with Gasteiger partial charge in [0.15, 0.2) is 5.69 Å². The molecule has 0 spiro atoms. The zero-order valence-electron chi connectivity index (χ0n) is 14.3. The first-order chi connectivity index (χ1) is 11.5. The van der Waals surface area contributed by atoms with Gasteiger partial charge >= 0.3 is 0 Å². The van der Waals surface area contributed by atoms with E-state index in [0.717, 1.165) is 34.8 Å². The van der Waals surface area contributed by atoms with E-state index in [2.05, 4.69) is 29.4 Å². The Bertz CT molecular complexity index is 725. The number of hydrogen-bond donors (Lipinski definition) is 2. The average Bonchev–Trinajstić information content (AvgIpc) is 3.04. The number of carbonyl (C=O) groups is 1. The van der Waals surface area contributed by atoms with Crippen LogP contribution in [-0.2, 0) is 13.0 Å². The van der Waals surface area contributed by atoms with Crippen molar-refractivity contribution >= 4 is 17.5 Å². The Morgan fingerprint density at radius 1 is 1.29 bits per heavy atom. The van der Waals surface area contributed by atoms with E-state index in [1.807, 2.05) is 31.3 Å². The van der Waals surface area contributed by atoms with Gasteiger partial charge in [-0.2, -0.15) is 5.10 Å². The van der Waals surface area contributed by atoms with Crippen molar-refractivity contribution in [1.29, 1.82) is 0 Å². The number of nitrogens with one attached hydrogen (secondary N) is 2. The van der Waals surface area contributed by atoms with Crippen LogP contribution in [0.3, 0.4) is 0 Å². The number of H-pyrrole nitrogens is 1. The van der Waals surface area contributed by atoms with Gasteiger partial charge in [-0.1, -0.05) is 30.7 Å². The SMILES string of the molecule is CC(c1ccc(Cl)cc1)C(C)N(C)C(=O)c1n[nH]c2c1CNCC2. The Balaban J connectivity index is 1.77. The molecule has 1 amide bonds. The largest absolute Gasteiger partial charge is 0.337 e. The highest BCUT2D eigenvalue weighted by Gasteiger charge is 2.28. The van der Waals surface area contributed by atoms with E-state index < -0.39 is 0 Å². The molecule has 0 radical (unpaired) electrons. The minimum atomic E-state index is -0.0375. The highest BCUT2D eigenvalue weighted by atomic mass is 35.5. The summed E-state index contributed by atoms with van der Waals surface area (Å²) in [6.07, 6.45) is 0.885. The number of hydrogen-bond acceptors (Lipinski definition) is 3. The van der Waals surface area contributed by atoms with Crippen LogP contribution < -0.4 is 5.32 Å². The maximum Gasteiger partial charge on any atom is 0.274 e. The first-order valence-corrected chi connectivity index (χ1v) is 8.66. The van der Waals surface area contributed by atoms with Crippen LogP contribution in [-0.4, -0.2) is 40.6 Å². The summed E-state index contributed by atoms with van der Waals surface area (Å²) in [5.74, 6) is 0.161. The van der Waals surface area contributed by atoms with E-state index in [0.29, 0.717) is 12.2 Å². The second-order valence-electron chi connectivity index (χ2n) is 6.45. The van der Waals surface area contributed by atoms with Gasteiger partial charge in [-0.3, -0.25) is 9.89 Å². The Labute approximate surface area is 147 Å². The Hall–Kier alpha value is -1.85. The number of fused-ring (bicyclic) bond motifs is 1. The summed E-state index contributed by atoms with van der Waals surface area (Å²) in [5.41, 5.74) is 3.78. The van der Waals surface area contributed by atoms with Gasteiger partial charge in [0.2, 0.25) is 0 Å². The molecule has 3 rings (SSSR count). The third-order valence-corrected chi connectivity index (χ3v) is 5.31. The van der Waals surface area contributed by atoms with Crippen molar-refractivity contribution in [3.63, 3.8) is 0 Å². The maximum atomic E-state index is 12.9. The maximum absolute atomic E-state index is 12.9. The quantitative estimate of drug-likeness (QED) is 0.894. The topological polar surface area (TPSA) is 61.0 Å². The lowest BCUT2D eigenvalue weighted by molar-refractivity contribution is 0.0719. The number of likely N-dealkylation sites (N-methyl/N-ethyl adjacent to an activating group) is 1. The number of amides is 1. The van der Waals surface area contributed by atoms with Crippen molar-refractivity contribution in [2.24, 2.45) is 0 Å². The molecule has 1 aliphatic rings. The van der Waals surface area contributed by atoms with Crippen LogP contribution in [0, 0.1) is 0 Å². The fourth-order valence-corrected chi connectivity index (χ4v) is 3.26. The van der Waals surface area contributed by atoms with Crippen molar-refractivity contribution in [2.75, 3.05) is 13.6 Å². The molecule has 2 unspecified atom stereocenters. The van der Waals surface area contributed by atoms with Gasteiger partial charge in [0.05, 0.1) is 0 Å². The standard InChI is InChI=1S/C18H23ClN4O/c1-11(13-4-6-14(19)7-5-13)12(2)23(3)18(24)17-15-10-20-9-8-16(15)21-22-17/h4-7,11-12,20H,8-10H2,1-3H3,(H,21,22). The van der Waals surface area contributed by atoms with E-state index >= 15 is 0 Å². The number of carbonyl (C=O) groups excluding carboxylic acids is 1. The normalized spacial score (nSPS) is 16.3. The molecular formula is C18H23ClN4O. The molecule has 1 aromatic heterocycles. The first kappa shape index (κ1) is 17.0. The van der Waals surface area contributed by atoms with E-state index in [4.69, 9.17) is 11.6 Å².